The van der Waals surface area contributed by atoms with Crippen LogP contribution in [-0.4, -0.2) is 10.4 Å². The number of hydrogen-bond donors (Lipinski definition) is 0. The van der Waals surface area contributed by atoms with Crippen molar-refractivity contribution >= 4 is 16.7 Å². The highest BCUT2D eigenvalue weighted by Crippen LogP contribution is 2.19. The van der Waals surface area contributed by atoms with Crippen molar-refractivity contribution in [3.63, 3.8) is 0 Å². The topological polar surface area (TPSA) is 22.0 Å². The van der Waals surface area contributed by atoms with Crippen LogP contribution in [0, 0.1) is 6.92 Å². The predicted molar refractivity (Wildman–Crippen MR) is 77.4 cm³/mol. The number of carbonyl (C=O) groups is 1. The third kappa shape index (κ3) is 2.17. The van der Waals surface area contributed by atoms with E-state index in [1.807, 2.05) is 49.4 Å². The highest BCUT2D eigenvalue weighted by Gasteiger charge is 2.10. The van der Waals surface area contributed by atoms with Crippen molar-refractivity contribution in [2.75, 3.05) is 0 Å². The maximum absolute atomic E-state index is 12.3. The lowest BCUT2D eigenvalue weighted by molar-refractivity contribution is 0.0973. The van der Waals surface area contributed by atoms with Crippen LogP contribution in [-0.2, 0) is 6.54 Å². The molecule has 0 aliphatic rings. The molecule has 0 aliphatic heterocycles. The molecule has 0 fully saturated rings. The van der Waals surface area contributed by atoms with Crippen molar-refractivity contribution in [1.29, 1.82) is 0 Å². The van der Waals surface area contributed by atoms with Crippen LogP contribution in [0.1, 0.15) is 16.1 Å². The maximum atomic E-state index is 12.3. The van der Waals surface area contributed by atoms with Crippen LogP contribution < -0.4 is 0 Å². The highest BCUT2D eigenvalue weighted by atomic mass is 16.1. The Labute approximate surface area is 112 Å². The SMILES string of the molecule is Cc1cc2ccccc2n1CC(=O)c1ccccc1. The Bertz CT molecular complexity index is 725. The largest absolute Gasteiger partial charge is 0.337 e. The smallest absolute Gasteiger partial charge is 0.182 e. The predicted octanol–water partition coefficient (Wildman–Crippen LogP) is 3.83. The van der Waals surface area contributed by atoms with Gasteiger partial charge in [-0.1, -0.05) is 48.5 Å². The highest BCUT2D eigenvalue weighted by molar-refractivity contribution is 5.97. The summed E-state index contributed by atoms with van der Waals surface area (Å²) in [5, 5.41) is 1.18. The zero-order valence-corrected chi connectivity index (χ0v) is 10.8. The lowest BCUT2D eigenvalue weighted by Crippen LogP contribution is -2.11. The van der Waals surface area contributed by atoms with Crippen molar-refractivity contribution < 1.29 is 4.79 Å². The molecule has 0 N–H and O–H groups in total. The van der Waals surface area contributed by atoms with E-state index in [9.17, 15) is 4.79 Å². The number of rotatable bonds is 3. The molecule has 0 amide bonds. The average Bonchev–Trinajstić information content (AvgIpc) is 2.76. The van der Waals surface area contributed by atoms with E-state index in [0.717, 1.165) is 16.8 Å². The van der Waals surface area contributed by atoms with Gasteiger partial charge in [0, 0.05) is 16.8 Å². The summed E-state index contributed by atoms with van der Waals surface area (Å²) in [4.78, 5) is 12.3. The lowest BCUT2D eigenvalue weighted by atomic mass is 10.1. The molecule has 0 spiro atoms. The minimum atomic E-state index is 0.144. The third-order valence-corrected chi connectivity index (χ3v) is 3.42. The summed E-state index contributed by atoms with van der Waals surface area (Å²) in [5.74, 6) is 0.144. The van der Waals surface area contributed by atoms with E-state index in [1.54, 1.807) is 0 Å². The van der Waals surface area contributed by atoms with E-state index < -0.39 is 0 Å². The van der Waals surface area contributed by atoms with E-state index in [4.69, 9.17) is 0 Å². The molecule has 3 rings (SSSR count). The van der Waals surface area contributed by atoms with Gasteiger partial charge in [-0.3, -0.25) is 4.79 Å². The standard InChI is InChI=1S/C17H15NO/c1-13-11-15-9-5-6-10-16(15)18(13)12-17(19)14-7-3-2-4-8-14/h2-11H,12H2,1H3. The van der Waals surface area contributed by atoms with E-state index in [-0.39, 0.29) is 5.78 Å². The van der Waals surface area contributed by atoms with Crippen LogP contribution in [0.2, 0.25) is 0 Å². The molecule has 1 aromatic heterocycles. The lowest BCUT2D eigenvalue weighted by Gasteiger charge is -2.07. The van der Waals surface area contributed by atoms with Gasteiger partial charge in [0.1, 0.15) is 0 Å². The second kappa shape index (κ2) is 4.73. The van der Waals surface area contributed by atoms with Crippen molar-refractivity contribution in [3.8, 4) is 0 Å². The zero-order valence-electron chi connectivity index (χ0n) is 10.8. The first-order valence-corrected chi connectivity index (χ1v) is 6.39. The molecular formula is C17H15NO. The molecule has 2 nitrogen and oxygen atoms in total. The van der Waals surface area contributed by atoms with E-state index in [0.29, 0.717) is 6.54 Å². The molecule has 0 bridgehead atoms. The van der Waals surface area contributed by atoms with Crippen molar-refractivity contribution in [1.82, 2.24) is 4.57 Å². The first kappa shape index (κ1) is 11.7. The molecule has 2 aromatic carbocycles. The van der Waals surface area contributed by atoms with Gasteiger partial charge in [0.2, 0.25) is 0 Å². The third-order valence-electron chi connectivity index (χ3n) is 3.42. The Morgan fingerprint density at radius 1 is 1.00 bits per heavy atom. The number of fused-ring (bicyclic) bond motifs is 1. The molecule has 94 valence electrons. The number of hydrogen-bond acceptors (Lipinski definition) is 1. The van der Waals surface area contributed by atoms with Crippen molar-refractivity contribution in [2.24, 2.45) is 0 Å². The van der Waals surface area contributed by atoms with Crippen LogP contribution >= 0.6 is 0 Å². The summed E-state index contributed by atoms with van der Waals surface area (Å²) in [6, 6.07) is 19.7. The number of Topliss-reactive ketones (excluding diaryl/α,β-unsaturated/α-hetero) is 1. The fraction of sp³-hybridized carbons (Fsp3) is 0.118. The van der Waals surface area contributed by atoms with Gasteiger partial charge in [0.25, 0.3) is 0 Å². The Kier molecular flexibility index (Phi) is 2.92. The van der Waals surface area contributed by atoms with E-state index in [2.05, 4.69) is 22.8 Å². The fourth-order valence-electron chi connectivity index (χ4n) is 2.42. The fourth-order valence-corrected chi connectivity index (χ4v) is 2.42. The first-order valence-electron chi connectivity index (χ1n) is 6.39. The minimum Gasteiger partial charge on any atom is -0.337 e. The molecule has 0 atom stereocenters. The number of carbonyl (C=O) groups excluding carboxylic acids is 1. The molecule has 0 saturated heterocycles. The molecule has 19 heavy (non-hydrogen) atoms. The molecule has 3 aromatic rings. The molecule has 0 radical (unpaired) electrons. The summed E-state index contributed by atoms with van der Waals surface area (Å²) in [5.41, 5.74) is 2.99. The van der Waals surface area contributed by atoms with Gasteiger partial charge in [0.15, 0.2) is 5.78 Å². The number of para-hydroxylation sites is 1. The zero-order chi connectivity index (χ0) is 13.2. The summed E-state index contributed by atoms with van der Waals surface area (Å²) >= 11 is 0. The molecule has 2 heteroatoms. The van der Waals surface area contributed by atoms with Gasteiger partial charge < -0.3 is 4.57 Å². The number of aryl methyl sites for hydroxylation is 1. The Balaban J connectivity index is 1.98. The van der Waals surface area contributed by atoms with Gasteiger partial charge in [-0.2, -0.15) is 0 Å². The van der Waals surface area contributed by atoms with Crippen LogP contribution in [0.15, 0.2) is 60.7 Å². The molecule has 0 unspecified atom stereocenters. The van der Waals surface area contributed by atoms with Crippen LogP contribution in [0.25, 0.3) is 10.9 Å². The van der Waals surface area contributed by atoms with E-state index >= 15 is 0 Å². The Morgan fingerprint density at radius 3 is 2.47 bits per heavy atom. The molecule has 1 heterocycles. The summed E-state index contributed by atoms with van der Waals surface area (Å²) in [6.07, 6.45) is 0. The summed E-state index contributed by atoms with van der Waals surface area (Å²) in [7, 11) is 0. The number of nitrogens with zero attached hydrogens (tertiary/aromatic N) is 1. The van der Waals surface area contributed by atoms with Gasteiger partial charge in [-0.15, -0.1) is 0 Å². The van der Waals surface area contributed by atoms with Gasteiger partial charge in [-0.05, 0) is 24.4 Å². The average molecular weight is 249 g/mol. The molecule has 0 saturated carbocycles. The minimum absolute atomic E-state index is 0.144. The van der Waals surface area contributed by atoms with Crippen LogP contribution in [0.3, 0.4) is 0 Å². The number of aromatic nitrogens is 1. The van der Waals surface area contributed by atoms with Crippen LogP contribution in [0.4, 0.5) is 0 Å². The monoisotopic (exact) mass is 249 g/mol. The van der Waals surface area contributed by atoms with Crippen LogP contribution in [0.5, 0.6) is 0 Å². The first-order chi connectivity index (χ1) is 9.25. The summed E-state index contributed by atoms with van der Waals surface area (Å²) < 4.78 is 2.07. The molecule has 0 aliphatic carbocycles. The summed E-state index contributed by atoms with van der Waals surface area (Å²) in [6.45, 7) is 2.43. The van der Waals surface area contributed by atoms with Gasteiger partial charge in [-0.25, -0.2) is 0 Å². The Hall–Kier alpha value is -2.35. The van der Waals surface area contributed by atoms with Gasteiger partial charge >= 0.3 is 0 Å². The second-order valence-electron chi connectivity index (χ2n) is 4.72. The number of benzene rings is 2. The Morgan fingerprint density at radius 2 is 1.68 bits per heavy atom. The second-order valence-corrected chi connectivity index (χ2v) is 4.72. The molecular weight excluding hydrogens is 234 g/mol. The maximum Gasteiger partial charge on any atom is 0.182 e. The van der Waals surface area contributed by atoms with Crippen molar-refractivity contribution in [3.05, 3.63) is 71.9 Å². The number of ketones is 1. The van der Waals surface area contributed by atoms with Gasteiger partial charge in [0.05, 0.1) is 6.54 Å². The van der Waals surface area contributed by atoms with E-state index in [1.165, 1.54) is 5.39 Å². The quantitative estimate of drug-likeness (QED) is 0.646. The van der Waals surface area contributed by atoms with Crippen molar-refractivity contribution in [2.45, 2.75) is 13.5 Å². The normalized spacial score (nSPS) is 10.8.